The van der Waals surface area contributed by atoms with Gasteiger partial charge in [0.1, 0.15) is 5.75 Å². The highest BCUT2D eigenvalue weighted by Crippen LogP contribution is 2.36. The molecule has 1 aliphatic rings. The van der Waals surface area contributed by atoms with Gasteiger partial charge in [0.15, 0.2) is 0 Å². The SMILES string of the molecule is COc1ccc2c(c1)C(Nc1cccc(C)c1)CC2. The maximum absolute atomic E-state index is 5.33. The summed E-state index contributed by atoms with van der Waals surface area (Å²) in [5.41, 5.74) is 5.29. The summed E-state index contributed by atoms with van der Waals surface area (Å²) in [6.45, 7) is 2.12. The largest absolute Gasteiger partial charge is 0.497 e. The number of methoxy groups -OCH3 is 1. The van der Waals surface area contributed by atoms with Gasteiger partial charge in [-0.3, -0.25) is 0 Å². The molecule has 0 spiro atoms. The third kappa shape index (κ3) is 2.43. The second-order valence-electron chi connectivity index (χ2n) is 5.17. The van der Waals surface area contributed by atoms with Crippen molar-refractivity contribution >= 4 is 5.69 Å². The molecule has 19 heavy (non-hydrogen) atoms. The highest BCUT2D eigenvalue weighted by Gasteiger charge is 2.22. The zero-order valence-electron chi connectivity index (χ0n) is 11.4. The van der Waals surface area contributed by atoms with E-state index in [1.165, 1.54) is 22.4 Å². The van der Waals surface area contributed by atoms with E-state index in [-0.39, 0.29) is 0 Å². The summed E-state index contributed by atoms with van der Waals surface area (Å²) < 4.78 is 5.33. The van der Waals surface area contributed by atoms with Crippen LogP contribution in [0.25, 0.3) is 0 Å². The van der Waals surface area contributed by atoms with Gasteiger partial charge in [-0.05, 0) is 60.7 Å². The average Bonchev–Trinajstić information content (AvgIpc) is 2.81. The van der Waals surface area contributed by atoms with Gasteiger partial charge >= 0.3 is 0 Å². The van der Waals surface area contributed by atoms with E-state index in [0.29, 0.717) is 6.04 Å². The number of hydrogen-bond acceptors (Lipinski definition) is 2. The Labute approximate surface area is 114 Å². The zero-order chi connectivity index (χ0) is 13.2. The van der Waals surface area contributed by atoms with Crippen molar-refractivity contribution in [3.05, 3.63) is 59.2 Å². The van der Waals surface area contributed by atoms with Crippen LogP contribution in [0.2, 0.25) is 0 Å². The van der Waals surface area contributed by atoms with Gasteiger partial charge in [-0.2, -0.15) is 0 Å². The first-order valence-electron chi connectivity index (χ1n) is 6.76. The van der Waals surface area contributed by atoms with Crippen molar-refractivity contribution < 1.29 is 4.74 Å². The van der Waals surface area contributed by atoms with Crippen LogP contribution in [0.1, 0.15) is 29.2 Å². The van der Waals surface area contributed by atoms with E-state index < -0.39 is 0 Å². The number of rotatable bonds is 3. The van der Waals surface area contributed by atoms with E-state index in [0.717, 1.165) is 18.6 Å². The molecule has 3 rings (SSSR count). The molecule has 2 aromatic rings. The molecule has 98 valence electrons. The summed E-state index contributed by atoms with van der Waals surface area (Å²) in [5.74, 6) is 0.941. The van der Waals surface area contributed by atoms with Crippen LogP contribution >= 0.6 is 0 Å². The molecular formula is C17H19NO. The molecule has 2 aromatic carbocycles. The molecule has 0 aliphatic heterocycles. The van der Waals surface area contributed by atoms with E-state index in [1.54, 1.807) is 7.11 Å². The van der Waals surface area contributed by atoms with Gasteiger partial charge in [0, 0.05) is 5.69 Å². The quantitative estimate of drug-likeness (QED) is 0.889. The molecule has 1 aliphatic carbocycles. The van der Waals surface area contributed by atoms with E-state index in [9.17, 15) is 0 Å². The Morgan fingerprint density at radius 2 is 2.05 bits per heavy atom. The predicted molar refractivity (Wildman–Crippen MR) is 78.9 cm³/mol. The van der Waals surface area contributed by atoms with E-state index in [1.807, 2.05) is 6.07 Å². The summed E-state index contributed by atoms with van der Waals surface area (Å²) >= 11 is 0. The minimum Gasteiger partial charge on any atom is -0.497 e. The van der Waals surface area contributed by atoms with Gasteiger partial charge in [-0.1, -0.05) is 18.2 Å². The van der Waals surface area contributed by atoms with Crippen molar-refractivity contribution in [1.29, 1.82) is 0 Å². The van der Waals surface area contributed by atoms with Crippen LogP contribution < -0.4 is 10.1 Å². The molecule has 0 amide bonds. The Hall–Kier alpha value is -1.96. The number of aryl methyl sites for hydroxylation is 2. The molecule has 0 bridgehead atoms. The standard InChI is InChI=1S/C17H19NO/c1-12-4-3-5-14(10-12)18-17-9-7-13-6-8-15(19-2)11-16(13)17/h3-6,8,10-11,17-18H,7,9H2,1-2H3. The molecule has 0 radical (unpaired) electrons. The van der Waals surface area contributed by atoms with Gasteiger partial charge in [0.25, 0.3) is 0 Å². The third-order valence-electron chi connectivity index (χ3n) is 3.79. The van der Waals surface area contributed by atoms with Gasteiger partial charge in [-0.15, -0.1) is 0 Å². The summed E-state index contributed by atoms with van der Waals surface area (Å²) in [5, 5.41) is 3.63. The van der Waals surface area contributed by atoms with Crippen molar-refractivity contribution in [2.75, 3.05) is 12.4 Å². The second-order valence-corrected chi connectivity index (χ2v) is 5.17. The van der Waals surface area contributed by atoms with Crippen LogP contribution in [-0.2, 0) is 6.42 Å². The Morgan fingerprint density at radius 1 is 1.16 bits per heavy atom. The Kier molecular flexibility index (Phi) is 3.16. The summed E-state index contributed by atoms with van der Waals surface area (Å²) in [6.07, 6.45) is 2.29. The number of anilines is 1. The predicted octanol–water partition coefficient (Wildman–Crippen LogP) is 4.10. The van der Waals surface area contributed by atoms with Gasteiger partial charge in [0.05, 0.1) is 13.2 Å². The van der Waals surface area contributed by atoms with Crippen LogP contribution in [0, 0.1) is 6.92 Å². The normalized spacial score (nSPS) is 17.1. The van der Waals surface area contributed by atoms with Crippen LogP contribution in [-0.4, -0.2) is 7.11 Å². The minimum absolute atomic E-state index is 0.395. The summed E-state index contributed by atoms with van der Waals surface area (Å²) in [4.78, 5) is 0. The number of ether oxygens (including phenoxy) is 1. The molecule has 1 atom stereocenters. The van der Waals surface area contributed by atoms with Crippen molar-refractivity contribution in [3.8, 4) is 5.75 Å². The summed E-state index contributed by atoms with van der Waals surface area (Å²) in [6, 6.07) is 15.3. The molecule has 2 heteroatoms. The molecular weight excluding hydrogens is 234 g/mol. The first-order chi connectivity index (χ1) is 9.26. The van der Waals surface area contributed by atoms with E-state index in [4.69, 9.17) is 4.74 Å². The van der Waals surface area contributed by atoms with Crippen LogP contribution in [0.3, 0.4) is 0 Å². The fourth-order valence-corrected chi connectivity index (χ4v) is 2.79. The Bertz CT molecular complexity index is 592. The Balaban J connectivity index is 1.85. The smallest absolute Gasteiger partial charge is 0.119 e. The lowest BCUT2D eigenvalue weighted by molar-refractivity contribution is 0.414. The molecule has 0 saturated carbocycles. The first-order valence-corrected chi connectivity index (χ1v) is 6.76. The lowest BCUT2D eigenvalue weighted by Gasteiger charge is -2.16. The molecule has 1 N–H and O–H groups in total. The summed E-state index contributed by atoms with van der Waals surface area (Å²) in [7, 11) is 1.72. The van der Waals surface area contributed by atoms with Crippen LogP contribution in [0.15, 0.2) is 42.5 Å². The van der Waals surface area contributed by atoms with Crippen LogP contribution in [0.4, 0.5) is 5.69 Å². The molecule has 0 fully saturated rings. The lowest BCUT2D eigenvalue weighted by atomic mass is 10.1. The fourth-order valence-electron chi connectivity index (χ4n) is 2.79. The van der Waals surface area contributed by atoms with Crippen molar-refractivity contribution in [1.82, 2.24) is 0 Å². The lowest BCUT2D eigenvalue weighted by Crippen LogP contribution is -2.07. The number of benzene rings is 2. The monoisotopic (exact) mass is 253 g/mol. The molecule has 1 unspecified atom stereocenters. The second kappa shape index (κ2) is 4.96. The average molecular weight is 253 g/mol. The van der Waals surface area contributed by atoms with E-state index in [2.05, 4.69) is 48.6 Å². The number of hydrogen-bond donors (Lipinski definition) is 1. The van der Waals surface area contributed by atoms with Gasteiger partial charge in [0.2, 0.25) is 0 Å². The first kappa shape index (κ1) is 12.1. The van der Waals surface area contributed by atoms with Gasteiger partial charge < -0.3 is 10.1 Å². The molecule has 2 nitrogen and oxygen atoms in total. The number of fused-ring (bicyclic) bond motifs is 1. The molecule has 0 saturated heterocycles. The number of nitrogens with one attached hydrogen (secondary N) is 1. The van der Waals surface area contributed by atoms with Crippen molar-refractivity contribution in [2.24, 2.45) is 0 Å². The fraction of sp³-hybridized carbons (Fsp3) is 0.294. The minimum atomic E-state index is 0.395. The van der Waals surface area contributed by atoms with Crippen LogP contribution in [0.5, 0.6) is 5.75 Å². The highest BCUT2D eigenvalue weighted by atomic mass is 16.5. The van der Waals surface area contributed by atoms with Crippen molar-refractivity contribution in [3.63, 3.8) is 0 Å². The topological polar surface area (TPSA) is 21.3 Å². The van der Waals surface area contributed by atoms with E-state index >= 15 is 0 Å². The highest BCUT2D eigenvalue weighted by molar-refractivity contribution is 5.51. The van der Waals surface area contributed by atoms with Gasteiger partial charge in [-0.25, -0.2) is 0 Å². The maximum atomic E-state index is 5.33. The maximum Gasteiger partial charge on any atom is 0.119 e. The Morgan fingerprint density at radius 3 is 2.84 bits per heavy atom. The van der Waals surface area contributed by atoms with Crippen molar-refractivity contribution in [2.45, 2.75) is 25.8 Å². The zero-order valence-corrected chi connectivity index (χ0v) is 11.4. The molecule has 0 heterocycles. The molecule has 0 aromatic heterocycles. The third-order valence-corrected chi connectivity index (χ3v) is 3.79.